The normalized spacial score (nSPS) is 23.1. The third kappa shape index (κ3) is 1.98. The summed E-state index contributed by atoms with van der Waals surface area (Å²) in [6.45, 7) is 0.497. The summed E-state index contributed by atoms with van der Waals surface area (Å²) >= 11 is 1.40. The van der Waals surface area contributed by atoms with Crippen molar-refractivity contribution in [1.29, 1.82) is 0 Å². The summed E-state index contributed by atoms with van der Waals surface area (Å²) in [4.78, 5) is 2.02. The van der Waals surface area contributed by atoms with Crippen molar-refractivity contribution in [3.05, 3.63) is 40.3 Å². The number of hydrogen-bond acceptors (Lipinski definition) is 4. The van der Waals surface area contributed by atoms with Crippen LogP contribution in [0.5, 0.6) is 0 Å². The molecule has 6 heteroatoms. The number of hydrogen-bond donors (Lipinski definition) is 0. The standard InChI is InChI=1S/C14H14N2O2S2/c17-20(18)7-6-16-13(9-19-14(16)15-20)12-5-4-10-2-1-3-11(10)8-12/h4-5,8-9H,1-3,6-7H2. The average Bonchev–Trinajstić information content (AvgIpc) is 3.01. The van der Waals surface area contributed by atoms with Crippen LogP contribution >= 0.6 is 11.8 Å². The molecule has 0 fully saturated rings. The zero-order valence-electron chi connectivity index (χ0n) is 10.9. The number of fused-ring (bicyclic) bond motifs is 2. The molecular weight excluding hydrogens is 292 g/mol. The summed E-state index contributed by atoms with van der Waals surface area (Å²) in [5, 5.41) is 2.60. The summed E-state index contributed by atoms with van der Waals surface area (Å²) in [5.41, 5.74) is 5.14. The molecule has 0 saturated heterocycles. The molecule has 0 atom stereocenters. The van der Waals surface area contributed by atoms with Gasteiger partial charge in [-0.25, -0.2) is 8.42 Å². The van der Waals surface area contributed by atoms with Crippen LogP contribution < -0.4 is 0 Å². The Morgan fingerprint density at radius 1 is 1.20 bits per heavy atom. The van der Waals surface area contributed by atoms with Crippen molar-refractivity contribution >= 4 is 32.6 Å². The molecule has 0 aromatic heterocycles. The SMILES string of the molecule is O=S1(=O)CCN2C(c3ccc4c(c3)CCC4)=CSC2=N1. The van der Waals surface area contributed by atoms with Crippen LogP contribution in [0.25, 0.3) is 5.70 Å². The van der Waals surface area contributed by atoms with Crippen molar-refractivity contribution < 1.29 is 8.42 Å². The van der Waals surface area contributed by atoms with E-state index in [-0.39, 0.29) is 5.75 Å². The Hall–Kier alpha value is -1.27. The van der Waals surface area contributed by atoms with Gasteiger partial charge in [0.2, 0.25) is 0 Å². The molecule has 3 aliphatic rings. The zero-order valence-corrected chi connectivity index (χ0v) is 12.5. The summed E-state index contributed by atoms with van der Waals surface area (Å²) < 4.78 is 26.9. The van der Waals surface area contributed by atoms with Crippen LogP contribution in [0.2, 0.25) is 0 Å². The van der Waals surface area contributed by atoms with Crippen molar-refractivity contribution in [3.63, 3.8) is 0 Å². The second kappa shape index (κ2) is 4.36. The maximum absolute atomic E-state index is 11.5. The van der Waals surface area contributed by atoms with Gasteiger partial charge in [0.1, 0.15) is 0 Å². The molecule has 1 aromatic rings. The fourth-order valence-corrected chi connectivity index (χ4v) is 5.10. The fourth-order valence-electron chi connectivity index (χ4n) is 2.95. The van der Waals surface area contributed by atoms with Crippen LogP contribution in [0, 0.1) is 0 Å². The van der Waals surface area contributed by atoms with Gasteiger partial charge in [0.15, 0.2) is 5.17 Å². The first-order chi connectivity index (χ1) is 9.62. The molecule has 4 nitrogen and oxygen atoms in total. The molecule has 104 valence electrons. The van der Waals surface area contributed by atoms with E-state index in [1.165, 1.54) is 41.3 Å². The first-order valence-electron chi connectivity index (χ1n) is 6.72. The number of sulfonamides is 1. The average molecular weight is 306 g/mol. The topological polar surface area (TPSA) is 49.7 Å². The molecule has 20 heavy (non-hydrogen) atoms. The lowest BCUT2D eigenvalue weighted by atomic mass is 10.0. The molecule has 1 aliphatic carbocycles. The van der Waals surface area contributed by atoms with Crippen LogP contribution in [0.4, 0.5) is 0 Å². The quantitative estimate of drug-likeness (QED) is 0.798. The number of aryl methyl sites for hydroxylation is 2. The second-order valence-corrected chi connectivity index (χ2v) is 7.86. The highest BCUT2D eigenvalue weighted by atomic mass is 32.2. The van der Waals surface area contributed by atoms with Crippen LogP contribution in [0.1, 0.15) is 23.1 Å². The Morgan fingerprint density at radius 2 is 2.05 bits per heavy atom. The highest BCUT2D eigenvalue weighted by molar-refractivity contribution is 8.17. The molecule has 0 amide bonds. The predicted octanol–water partition coefficient (Wildman–Crippen LogP) is 2.22. The van der Waals surface area contributed by atoms with Crippen LogP contribution in [-0.4, -0.2) is 30.8 Å². The lowest BCUT2D eigenvalue weighted by molar-refractivity contribution is 0.567. The lowest BCUT2D eigenvalue weighted by Gasteiger charge is -2.25. The summed E-state index contributed by atoms with van der Waals surface area (Å²) in [6, 6.07) is 6.60. The Kier molecular flexibility index (Phi) is 2.72. The van der Waals surface area contributed by atoms with Crippen molar-refractivity contribution in [3.8, 4) is 0 Å². The third-order valence-electron chi connectivity index (χ3n) is 3.98. The molecule has 0 unspecified atom stereocenters. The van der Waals surface area contributed by atoms with Crippen molar-refractivity contribution in [1.82, 2.24) is 4.90 Å². The van der Waals surface area contributed by atoms with E-state index >= 15 is 0 Å². The molecule has 4 rings (SSSR count). The largest absolute Gasteiger partial charge is 0.318 e. The molecule has 0 spiro atoms. The molecular formula is C14H14N2O2S2. The molecule has 1 aromatic carbocycles. The van der Waals surface area contributed by atoms with E-state index in [0.717, 1.165) is 12.1 Å². The van der Waals surface area contributed by atoms with Gasteiger partial charge < -0.3 is 4.90 Å². The van der Waals surface area contributed by atoms with Crippen LogP contribution in [0.15, 0.2) is 28.0 Å². The highest BCUT2D eigenvalue weighted by Gasteiger charge is 2.31. The van der Waals surface area contributed by atoms with Gasteiger partial charge in [-0.1, -0.05) is 23.9 Å². The second-order valence-electron chi connectivity index (χ2n) is 5.27. The van der Waals surface area contributed by atoms with Crippen molar-refractivity contribution in [2.45, 2.75) is 19.3 Å². The van der Waals surface area contributed by atoms with Gasteiger partial charge in [0.25, 0.3) is 10.0 Å². The number of amidine groups is 1. The van der Waals surface area contributed by atoms with E-state index < -0.39 is 10.0 Å². The van der Waals surface area contributed by atoms with Gasteiger partial charge in [0, 0.05) is 12.0 Å². The van der Waals surface area contributed by atoms with E-state index in [1.54, 1.807) is 0 Å². The summed E-state index contributed by atoms with van der Waals surface area (Å²) in [7, 11) is -3.26. The third-order valence-corrected chi connectivity index (χ3v) is 6.11. The minimum absolute atomic E-state index is 0.0966. The summed E-state index contributed by atoms with van der Waals surface area (Å²) in [5.74, 6) is 0.0966. The maximum atomic E-state index is 11.5. The van der Waals surface area contributed by atoms with Gasteiger partial charge in [-0.15, -0.1) is 4.40 Å². The molecule has 2 heterocycles. The smallest absolute Gasteiger partial charge is 0.257 e. The molecule has 0 N–H and O–H groups in total. The summed E-state index contributed by atoms with van der Waals surface area (Å²) in [6.07, 6.45) is 3.57. The molecule has 0 radical (unpaired) electrons. The van der Waals surface area contributed by atoms with Crippen molar-refractivity contribution in [2.75, 3.05) is 12.3 Å². The Bertz CT molecular complexity index is 750. The van der Waals surface area contributed by atoms with Gasteiger partial charge in [-0.3, -0.25) is 0 Å². The van der Waals surface area contributed by atoms with Crippen LogP contribution in [-0.2, 0) is 22.9 Å². The monoisotopic (exact) mass is 306 g/mol. The van der Waals surface area contributed by atoms with E-state index in [9.17, 15) is 8.42 Å². The van der Waals surface area contributed by atoms with Crippen molar-refractivity contribution in [2.24, 2.45) is 4.40 Å². The van der Waals surface area contributed by atoms with E-state index in [1.807, 2.05) is 10.3 Å². The van der Waals surface area contributed by atoms with Gasteiger partial charge >= 0.3 is 0 Å². The molecule has 0 saturated carbocycles. The highest BCUT2D eigenvalue weighted by Crippen LogP contribution is 2.36. The number of nitrogens with zero attached hydrogens (tertiary/aromatic N) is 2. The maximum Gasteiger partial charge on any atom is 0.257 e. The minimum Gasteiger partial charge on any atom is -0.318 e. The Morgan fingerprint density at radius 3 is 2.95 bits per heavy atom. The Balaban J connectivity index is 1.71. The Labute approximate surface area is 122 Å². The first-order valence-corrected chi connectivity index (χ1v) is 9.20. The van der Waals surface area contributed by atoms with E-state index in [0.29, 0.717) is 11.7 Å². The van der Waals surface area contributed by atoms with E-state index in [2.05, 4.69) is 22.6 Å². The number of thioether (sulfide) groups is 1. The zero-order chi connectivity index (χ0) is 13.7. The number of rotatable bonds is 1. The van der Waals surface area contributed by atoms with Crippen LogP contribution in [0.3, 0.4) is 0 Å². The first kappa shape index (κ1) is 12.5. The van der Waals surface area contributed by atoms with Gasteiger partial charge in [-0.2, -0.15) is 0 Å². The number of benzene rings is 1. The minimum atomic E-state index is -3.26. The molecule has 0 bridgehead atoms. The predicted molar refractivity (Wildman–Crippen MR) is 82.0 cm³/mol. The lowest BCUT2D eigenvalue weighted by Crippen LogP contribution is -2.34. The molecule has 2 aliphatic heterocycles. The van der Waals surface area contributed by atoms with Gasteiger partial charge in [-0.05, 0) is 42.0 Å². The van der Waals surface area contributed by atoms with E-state index in [4.69, 9.17) is 0 Å². The fraction of sp³-hybridized carbons (Fsp3) is 0.357. The van der Waals surface area contributed by atoms with Gasteiger partial charge in [0.05, 0.1) is 11.4 Å².